The maximum atomic E-state index is 10.1. The number of thiophene rings is 1. The highest BCUT2D eigenvalue weighted by Crippen LogP contribution is 2.55. The van der Waals surface area contributed by atoms with E-state index in [1.807, 2.05) is 47.7 Å². The molecule has 5 heteroatoms. The lowest BCUT2D eigenvalue weighted by molar-refractivity contribution is 0.737. The third-order valence-electron chi connectivity index (χ3n) is 10.2. The molecule has 2 atom stereocenters. The number of hydrogen-bond acceptors (Lipinski definition) is 4. The highest BCUT2D eigenvalue weighted by molar-refractivity contribution is 7.19. The minimum atomic E-state index is 0.143. The quantitative estimate of drug-likeness (QED) is 0.193. The predicted molar refractivity (Wildman–Crippen MR) is 201 cm³/mol. The van der Waals surface area contributed by atoms with Gasteiger partial charge in [0.2, 0.25) is 0 Å². The molecular formula is C44H26N4S. The lowest BCUT2D eigenvalue weighted by Crippen LogP contribution is -2.29. The minimum Gasteiger partial charge on any atom is -0.333 e. The number of rotatable bonds is 3. The average molecular weight is 643 g/mol. The van der Waals surface area contributed by atoms with Crippen LogP contribution in [-0.4, -0.2) is 10.6 Å². The molecule has 0 spiro atoms. The number of benzene rings is 6. The molecule has 0 saturated carbocycles. The van der Waals surface area contributed by atoms with E-state index < -0.39 is 0 Å². The molecule has 0 N–H and O–H groups in total. The van der Waals surface area contributed by atoms with Gasteiger partial charge < -0.3 is 9.47 Å². The van der Waals surface area contributed by atoms with Gasteiger partial charge in [0.1, 0.15) is 0 Å². The van der Waals surface area contributed by atoms with Crippen LogP contribution in [-0.2, 0) is 0 Å². The summed E-state index contributed by atoms with van der Waals surface area (Å²) in [5, 5.41) is 23.2. The van der Waals surface area contributed by atoms with Gasteiger partial charge in [0.15, 0.2) is 0 Å². The summed E-state index contributed by atoms with van der Waals surface area (Å²) in [6.45, 7) is 0. The second-order valence-corrected chi connectivity index (χ2v) is 13.8. The summed E-state index contributed by atoms with van der Waals surface area (Å²) in [4.78, 5) is 3.90. The second kappa shape index (κ2) is 10.6. The second-order valence-electron chi connectivity index (χ2n) is 12.7. The average Bonchev–Trinajstić information content (AvgIpc) is 3.82. The zero-order valence-corrected chi connectivity index (χ0v) is 27.0. The van der Waals surface area contributed by atoms with Crippen molar-refractivity contribution >= 4 is 60.7 Å². The Hall–Kier alpha value is -6.40. The van der Waals surface area contributed by atoms with Gasteiger partial charge in [-0.15, -0.1) is 11.3 Å². The van der Waals surface area contributed by atoms with Gasteiger partial charge in [0.25, 0.3) is 0 Å². The van der Waals surface area contributed by atoms with Gasteiger partial charge in [0, 0.05) is 43.2 Å². The van der Waals surface area contributed by atoms with Crippen LogP contribution in [0.4, 0.5) is 11.4 Å². The SMILES string of the molecule is N#Cc1ccc(-n2c3ccccc3c3cc(C#N)ccc32)c(-c2ccc3c(c2)N(c2ccccc2)C2C=Cc4c(sc5ccccc45)C32)c1. The summed E-state index contributed by atoms with van der Waals surface area (Å²) in [5.74, 6) is 0.207. The number of nitrogens with zero attached hydrogens (tertiary/aromatic N) is 4. The molecule has 1 aliphatic heterocycles. The standard InChI is InChI=1S/C44H26N4S/c45-25-27-14-19-38(48-37-12-6-4-10-31(37)36-23-28(26-46)15-20-39(36)48)35(22-27)29-16-17-34-41(24-29)47(30-8-2-1-3-9-30)40-21-18-33-32-11-5-7-13-42(32)49-44(33)43(34)40/h1-24,40,43H. The Morgan fingerprint density at radius 2 is 1.35 bits per heavy atom. The maximum Gasteiger partial charge on any atom is 0.0991 e. The molecule has 0 radical (unpaired) electrons. The molecule has 6 aromatic carbocycles. The molecule has 228 valence electrons. The molecule has 2 unspecified atom stereocenters. The zero-order chi connectivity index (χ0) is 32.6. The molecule has 0 fully saturated rings. The maximum absolute atomic E-state index is 10.1. The third kappa shape index (κ3) is 4.01. The molecular weight excluding hydrogens is 617 g/mol. The minimum absolute atomic E-state index is 0.143. The van der Waals surface area contributed by atoms with Crippen LogP contribution >= 0.6 is 11.3 Å². The summed E-state index contributed by atoms with van der Waals surface area (Å²) in [6.07, 6.45) is 4.71. The van der Waals surface area contributed by atoms with Crippen LogP contribution in [0.25, 0.3) is 54.8 Å². The summed E-state index contributed by atoms with van der Waals surface area (Å²) >= 11 is 1.91. The molecule has 0 amide bonds. The summed E-state index contributed by atoms with van der Waals surface area (Å²) < 4.78 is 3.59. The Balaban J connectivity index is 1.22. The zero-order valence-electron chi connectivity index (χ0n) is 26.2. The van der Waals surface area contributed by atoms with Crippen molar-refractivity contribution in [2.24, 2.45) is 0 Å². The van der Waals surface area contributed by atoms with Crippen LogP contribution in [0.5, 0.6) is 0 Å². The van der Waals surface area contributed by atoms with Gasteiger partial charge in [0.05, 0.1) is 46.0 Å². The summed E-state index contributed by atoms with van der Waals surface area (Å²) in [5.41, 5.74) is 11.3. The van der Waals surface area contributed by atoms with Gasteiger partial charge in [-0.2, -0.15) is 10.5 Å². The van der Waals surface area contributed by atoms with Crippen molar-refractivity contribution in [2.75, 3.05) is 4.90 Å². The molecule has 0 bridgehead atoms. The Morgan fingerprint density at radius 3 is 2.20 bits per heavy atom. The van der Waals surface area contributed by atoms with Gasteiger partial charge in [-0.25, -0.2) is 0 Å². The van der Waals surface area contributed by atoms with Crippen molar-refractivity contribution in [2.45, 2.75) is 12.0 Å². The molecule has 10 rings (SSSR count). The smallest absolute Gasteiger partial charge is 0.0991 e. The Kier molecular flexibility index (Phi) is 5.96. The molecule has 8 aromatic rings. The van der Waals surface area contributed by atoms with E-state index in [4.69, 9.17) is 0 Å². The van der Waals surface area contributed by atoms with E-state index in [9.17, 15) is 10.5 Å². The van der Waals surface area contributed by atoms with Gasteiger partial charge in [-0.05, 0) is 88.8 Å². The molecule has 4 nitrogen and oxygen atoms in total. The number of nitriles is 2. The van der Waals surface area contributed by atoms with Crippen LogP contribution in [0.1, 0.15) is 33.0 Å². The fourth-order valence-corrected chi connectivity index (χ4v) is 9.44. The lowest BCUT2D eigenvalue weighted by atomic mass is 9.85. The van der Waals surface area contributed by atoms with Crippen molar-refractivity contribution in [3.8, 4) is 29.0 Å². The van der Waals surface area contributed by atoms with Crippen LogP contribution in [0, 0.1) is 22.7 Å². The first-order valence-electron chi connectivity index (χ1n) is 16.4. The monoisotopic (exact) mass is 642 g/mol. The molecule has 2 aromatic heterocycles. The van der Waals surface area contributed by atoms with E-state index in [1.54, 1.807) is 0 Å². The van der Waals surface area contributed by atoms with Gasteiger partial charge in [-0.3, -0.25) is 0 Å². The third-order valence-corrected chi connectivity index (χ3v) is 11.5. The number of hydrogen-bond donors (Lipinski definition) is 0. The van der Waals surface area contributed by atoms with Crippen molar-refractivity contribution in [3.05, 3.63) is 167 Å². The number of aromatic nitrogens is 1. The first kappa shape index (κ1) is 27.7. The highest BCUT2D eigenvalue weighted by atomic mass is 32.1. The topological polar surface area (TPSA) is 55.8 Å². The van der Waals surface area contributed by atoms with Crippen LogP contribution in [0.2, 0.25) is 0 Å². The predicted octanol–water partition coefficient (Wildman–Crippen LogP) is 11.1. The van der Waals surface area contributed by atoms with E-state index in [0.717, 1.165) is 44.3 Å². The van der Waals surface area contributed by atoms with Crippen molar-refractivity contribution < 1.29 is 0 Å². The normalized spacial score (nSPS) is 16.0. The van der Waals surface area contributed by atoms with E-state index in [0.29, 0.717) is 11.1 Å². The van der Waals surface area contributed by atoms with Crippen molar-refractivity contribution in [1.82, 2.24) is 4.57 Å². The number of para-hydroxylation sites is 2. The van der Waals surface area contributed by atoms with Crippen LogP contribution in [0.15, 0.2) is 140 Å². The highest BCUT2D eigenvalue weighted by Gasteiger charge is 2.42. The van der Waals surface area contributed by atoms with E-state index in [-0.39, 0.29) is 12.0 Å². The van der Waals surface area contributed by atoms with Gasteiger partial charge >= 0.3 is 0 Å². The first-order chi connectivity index (χ1) is 24.2. The largest absolute Gasteiger partial charge is 0.333 e. The Bertz CT molecular complexity index is 2770. The van der Waals surface area contributed by atoms with E-state index in [2.05, 4.69) is 131 Å². The molecule has 0 saturated heterocycles. The van der Waals surface area contributed by atoms with E-state index >= 15 is 0 Å². The molecule has 49 heavy (non-hydrogen) atoms. The van der Waals surface area contributed by atoms with Gasteiger partial charge in [-0.1, -0.05) is 78.9 Å². The molecule has 1 aliphatic carbocycles. The molecule has 2 aliphatic rings. The molecule has 3 heterocycles. The fourth-order valence-electron chi connectivity index (χ4n) is 8.09. The summed E-state index contributed by atoms with van der Waals surface area (Å²) in [7, 11) is 0. The van der Waals surface area contributed by atoms with Crippen LogP contribution in [0.3, 0.4) is 0 Å². The first-order valence-corrected chi connectivity index (χ1v) is 17.2. The fraction of sp³-hybridized carbons (Fsp3) is 0.0455. The Morgan fingerprint density at radius 1 is 0.612 bits per heavy atom. The Labute approximate surface area is 287 Å². The number of anilines is 2. The number of fused-ring (bicyclic) bond motifs is 10. The van der Waals surface area contributed by atoms with Crippen molar-refractivity contribution in [1.29, 1.82) is 10.5 Å². The summed E-state index contributed by atoms with van der Waals surface area (Å²) in [6, 6.07) is 51.3. The van der Waals surface area contributed by atoms with E-state index in [1.165, 1.54) is 31.8 Å². The lowest BCUT2D eigenvalue weighted by Gasteiger charge is -2.30. The van der Waals surface area contributed by atoms with Crippen molar-refractivity contribution in [3.63, 3.8) is 0 Å². The van der Waals surface area contributed by atoms with Crippen LogP contribution < -0.4 is 4.90 Å².